The molecule has 0 heterocycles. The maximum Gasteiger partial charge on any atom is 0.387 e. The Morgan fingerprint density at radius 1 is 1.12 bits per heavy atom. The number of alkyl halides is 2. The molecule has 0 aliphatic heterocycles. The summed E-state index contributed by atoms with van der Waals surface area (Å²) in [5, 5.41) is 0. The van der Waals surface area contributed by atoms with Crippen LogP contribution in [0.2, 0.25) is 0 Å². The monoisotopic (exact) mass is 264 g/mol. The average molecular weight is 264 g/mol. The largest absolute Gasteiger partial charge is 0.435 e. The number of hydrogen-bond donors (Lipinski definition) is 0. The molecule has 17 heavy (non-hydrogen) atoms. The first-order valence-electron chi connectivity index (χ1n) is 5.73. The third-order valence-corrected chi connectivity index (χ3v) is 2.32. The Morgan fingerprint density at radius 3 is 2.00 bits per heavy atom. The van der Waals surface area contributed by atoms with Gasteiger partial charge in [0.2, 0.25) is 0 Å². The first-order valence-corrected chi connectivity index (χ1v) is 6.95. The summed E-state index contributed by atoms with van der Waals surface area (Å²) >= 11 is 1.57. The second-order valence-corrected chi connectivity index (χ2v) is 3.39. The lowest BCUT2D eigenvalue weighted by Gasteiger charge is -2.08. The highest BCUT2D eigenvalue weighted by Gasteiger charge is 2.06. The van der Waals surface area contributed by atoms with Crippen LogP contribution >= 0.6 is 11.8 Å². The van der Waals surface area contributed by atoms with Gasteiger partial charge >= 0.3 is 6.61 Å². The van der Waals surface area contributed by atoms with E-state index >= 15 is 0 Å². The minimum Gasteiger partial charge on any atom is -0.435 e. The number of aryl methyl sites for hydroxylation is 1. The molecule has 4 heteroatoms. The van der Waals surface area contributed by atoms with Gasteiger partial charge in [-0.05, 0) is 36.9 Å². The van der Waals surface area contributed by atoms with Crippen molar-refractivity contribution >= 4 is 11.8 Å². The zero-order valence-corrected chi connectivity index (χ0v) is 12.2. The van der Waals surface area contributed by atoms with Crippen LogP contribution in [-0.2, 0) is 0 Å². The Kier molecular flexibility index (Phi) is 12.8. The van der Waals surface area contributed by atoms with Crippen molar-refractivity contribution in [1.29, 1.82) is 0 Å². The van der Waals surface area contributed by atoms with Crippen LogP contribution < -0.4 is 4.74 Å². The molecule has 0 aliphatic rings. The lowest BCUT2D eigenvalue weighted by molar-refractivity contribution is -0.0503. The molecule has 0 atom stereocenters. The van der Waals surface area contributed by atoms with E-state index in [9.17, 15) is 8.78 Å². The molecule has 0 bridgehead atoms. The molecule has 0 spiro atoms. The normalized spacial score (nSPS) is 8.76. The maximum atomic E-state index is 11.9. The molecule has 1 aromatic rings. The molecule has 100 valence electrons. The number of halogens is 2. The van der Waals surface area contributed by atoms with Crippen molar-refractivity contribution in [2.45, 2.75) is 46.1 Å². The van der Waals surface area contributed by atoms with Crippen LogP contribution in [0.25, 0.3) is 0 Å². The van der Waals surface area contributed by atoms with Gasteiger partial charge in [-0.25, -0.2) is 0 Å². The summed E-state index contributed by atoms with van der Waals surface area (Å²) < 4.78 is 28.0. The first-order chi connectivity index (χ1) is 8.13. The fourth-order valence-corrected chi connectivity index (χ4v) is 1.48. The number of benzene rings is 1. The SMILES string of the molecule is CC.CC.CSc1ccc(OC(F)F)c(C)c1. The van der Waals surface area contributed by atoms with E-state index in [0.717, 1.165) is 10.5 Å². The Morgan fingerprint density at radius 2 is 1.65 bits per heavy atom. The summed E-state index contributed by atoms with van der Waals surface area (Å²) in [4.78, 5) is 1.04. The van der Waals surface area contributed by atoms with Crippen LogP contribution in [0, 0.1) is 6.92 Å². The fourth-order valence-electron chi connectivity index (χ4n) is 0.977. The van der Waals surface area contributed by atoms with Gasteiger partial charge < -0.3 is 4.74 Å². The van der Waals surface area contributed by atoms with E-state index in [1.807, 2.05) is 40.0 Å². The topological polar surface area (TPSA) is 9.23 Å². The molecule has 0 saturated carbocycles. The van der Waals surface area contributed by atoms with Crippen molar-refractivity contribution in [3.63, 3.8) is 0 Å². The molecule has 0 unspecified atom stereocenters. The van der Waals surface area contributed by atoms with E-state index in [-0.39, 0.29) is 5.75 Å². The summed E-state index contributed by atoms with van der Waals surface area (Å²) in [5.41, 5.74) is 0.729. The van der Waals surface area contributed by atoms with E-state index in [1.54, 1.807) is 30.8 Å². The molecule has 1 nitrogen and oxygen atoms in total. The highest BCUT2D eigenvalue weighted by atomic mass is 32.2. The molecule has 0 radical (unpaired) electrons. The molecule has 1 aromatic carbocycles. The second kappa shape index (κ2) is 11.7. The first kappa shape index (κ1) is 18.6. The summed E-state index contributed by atoms with van der Waals surface area (Å²) in [6, 6.07) is 5.14. The van der Waals surface area contributed by atoms with Crippen molar-refractivity contribution in [1.82, 2.24) is 0 Å². The molecular formula is C13H22F2OS. The van der Waals surface area contributed by atoms with E-state index < -0.39 is 6.61 Å². The van der Waals surface area contributed by atoms with Crippen LogP contribution in [0.15, 0.2) is 23.1 Å². The second-order valence-electron chi connectivity index (χ2n) is 2.51. The van der Waals surface area contributed by atoms with Gasteiger partial charge in [0.15, 0.2) is 0 Å². The molecule has 0 amide bonds. The minimum absolute atomic E-state index is 0.243. The van der Waals surface area contributed by atoms with Crippen LogP contribution in [0.5, 0.6) is 5.75 Å². The van der Waals surface area contributed by atoms with Crippen LogP contribution in [0.4, 0.5) is 8.78 Å². The van der Waals surface area contributed by atoms with Crippen molar-refractivity contribution in [2.24, 2.45) is 0 Å². The molecule has 0 N–H and O–H groups in total. The number of ether oxygens (including phenoxy) is 1. The standard InChI is InChI=1S/C9H10F2OS.2C2H6/c1-6-5-7(13-2)3-4-8(6)12-9(10)11;2*1-2/h3-5,9H,1-2H3;2*1-2H3. The zero-order chi connectivity index (χ0) is 13.8. The third kappa shape index (κ3) is 8.02. The fraction of sp³-hybridized carbons (Fsp3) is 0.538. The number of rotatable bonds is 3. The van der Waals surface area contributed by atoms with Gasteiger partial charge in [-0.2, -0.15) is 8.78 Å². The zero-order valence-electron chi connectivity index (χ0n) is 11.4. The van der Waals surface area contributed by atoms with Gasteiger partial charge in [-0.3, -0.25) is 0 Å². The number of hydrogen-bond acceptors (Lipinski definition) is 2. The molecule has 0 fully saturated rings. The third-order valence-electron chi connectivity index (χ3n) is 1.60. The van der Waals surface area contributed by atoms with E-state index in [2.05, 4.69) is 4.74 Å². The molecule has 1 rings (SSSR count). The quantitative estimate of drug-likeness (QED) is 0.679. The average Bonchev–Trinajstić information content (AvgIpc) is 2.36. The predicted octanol–water partition coefficient (Wildman–Crippen LogP) is 5.37. The van der Waals surface area contributed by atoms with Gasteiger partial charge in [0.1, 0.15) is 5.75 Å². The van der Waals surface area contributed by atoms with Gasteiger partial charge in [0.05, 0.1) is 0 Å². The van der Waals surface area contributed by atoms with Crippen molar-refractivity contribution in [2.75, 3.05) is 6.26 Å². The predicted molar refractivity (Wildman–Crippen MR) is 72.3 cm³/mol. The van der Waals surface area contributed by atoms with E-state index in [4.69, 9.17) is 0 Å². The lowest BCUT2D eigenvalue weighted by Crippen LogP contribution is -2.03. The van der Waals surface area contributed by atoms with Crippen LogP contribution in [0.1, 0.15) is 33.3 Å². The molecular weight excluding hydrogens is 242 g/mol. The van der Waals surface area contributed by atoms with E-state index in [0.29, 0.717) is 0 Å². The smallest absolute Gasteiger partial charge is 0.387 e. The Hall–Kier alpha value is -0.770. The Labute approximate surface area is 108 Å². The van der Waals surface area contributed by atoms with Gasteiger partial charge in [-0.1, -0.05) is 27.7 Å². The Balaban J connectivity index is 0. The highest BCUT2D eigenvalue weighted by Crippen LogP contribution is 2.25. The van der Waals surface area contributed by atoms with Crippen molar-refractivity contribution in [3.8, 4) is 5.75 Å². The van der Waals surface area contributed by atoms with Gasteiger partial charge in [0.25, 0.3) is 0 Å². The van der Waals surface area contributed by atoms with Crippen LogP contribution in [-0.4, -0.2) is 12.9 Å². The van der Waals surface area contributed by atoms with Gasteiger partial charge in [0, 0.05) is 4.90 Å². The summed E-state index contributed by atoms with van der Waals surface area (Å²) in [7, 11) is 0. The van der Waals surface area contributed by atoms with Crippen LogP contribution in [0.3, 0.4) is 0 Å². The van der Waals surface area contributed by atoms with Crippen molar-refractivity contribution in [3.05, 3.63) is 23.8 Å². The number of thioether (sulfide) groups is 1. The van der Waals surface area contributed by atoms with E-state index in [1.165, 1.54) is 0 Å². The lowest BCUT2D eigenvalue weighted by atomic mass is 10.2. The Bertz CT molecular complexity index is 291. The van der Waals surface area contributed by atoms with Crippen molar-refractivity contribution < 1.29 is 13.5 Å². The maximum absolute atomic E-state index is 11.9. The summed E-state index contributed by atoms with van der Waals surface area (Å²) in [5.74, 6) is 0.243. The summed E-state index contributed by atoms with van der Waals surface area (Å²) in [6.45, 7) is 7.00. The van der Waals surface area contributed by atoms with Gasteiger partial charge in [-0.15, -0.1) is 11.8 Å². The highest BCUT2D eigenvalue weighted by molar-refractivity contribution is 7.98. The molecule has 0 saturated heterocycles. The molecule has 0 aromatic heterocycles. The minimum atomic E-state index is -2.75. The molecule has 0 aliphatic carbocycles. The summed E-state index contributed by atoms with van der Waals surface area (Å²) in [6.07, 6.45) is 1.93.